The Kier molecular flexibility index (Phi) is 6.32. The van der Waals surface area contributed by atoms with Crippen molar-refractivity contribution in [2.75, 3.05) is 17.1 Å². The molecular weight excluding hydrogens is 478 g/mol. The molecule has 13 heteroatoms. The summed E-state index contributed by atoms with van der Waals surface area (Å²) in [6.07, 6.45) is 0. The maximum Gasteiger partial charge on any atom is 0.240 e. The molecule has 0 radical (unpaired) electrons. The Hall–Kier alpha value is -3.45. The van der Waals surface area contributed by atoms with Gasteiger partial charge in [-0.3, -0.25) is 4.72 Å². The topological polar surface area (TPSA) is 161 Å². The van der Waals surface area contributed by atoms with E-state index in [-0.39, 0.29) is 16.7 Å². The summed E-state index contributed by atoms with van der Waals surface area (Å²) in [7, 11) is -7.76. The summed E-state index contributed by atoms with van der Waals surface area (Å²) in [6.45, 7) is 4.19. The van der Waals surface area contributed by atoms with Gasteiger partial charge in [0.05, 0.1) is 5.92 Å². The molecule has 4 rings (SSSR count). The average molecular weight is 504 g/mol. The van der Waals surface area contributed by atoms with E-state index >= 15 is 0 Å². The van der Waals surface area contributed by atoms with E-state index < -0.39 is 37.3 Å². The third-order valence-electron chi connectivity index (χ3n) is 5.38. The predicted molar refractivity (Wildman–Crippen MR) is 130 cm³/mol. The van der Waals surface area contributed by atoms with Crippen molar-refractivity contribution in [1.29, 1.82) is 0 Å². The van der Waals surface area contributed by atoms with Crippen molar-refractivity contribution < 1.29 is 16.8 Å². The molecule has 11 nitrogen and oxygen atoms in total. The first-order valence-electron chi connectivity index (χ1n) is 10.4. The number of anilines is 1. The molecule has 2 heterocycles. The molecule has 0 aliphatic carbocycles. The van der Waals surface area contributed by atoms with Crippen LogP contribution in [0.2, 0.25) is 0 Å². The Balaban J connectivity index is 1.50. The van der Waals surface area contributed by atoms with E-state index in [0.29, 0.717) is 12.2 Å². The molecule has 4 N–H and O–H groups in total. The lowest BCUT2D eigenvalue weighted by atomic mass is 10.00. The average Bonchev–Trinajstić information content (AvgIpc) is 3.39. The Bertz CT molecular complexity index is 1430. The zero-order valence-electron chi connectivity index (χ0n) is 18.6. The van der Waals surface area contributed by atoms with Gasteiger partial charge in [0, 0.05) is 12.2 Å². The minimum Gasteiger partial charge on any atom is -0.336 e. The first kappa shape index (κ1) is 23.7. The number of hydrogen-bond acceptors (Lipinski definition) is 9. The second-order valence-electron chi connectivity index (χ2n) is 8.16. The largest absolute Gasteiger partial charge is 0.336 e. The highest BCUT2D eigenvalue weighted by Crippen LogP contribution is 2.25. The Morgan fingerprint density at radius 3 is 2.12 bits per heavy atom. The summed E-state index contributed by atoms with van der Waals surface area (Å²) in [5, 5.41) is 11.6. The van der Waals surface area contributed by atoms with Gasteiger partial charge in [0.2, 0.25) is 19.9 Å². The molecule has 1 aromatic heterocycles. The quantitative estimate of drug-likeness (QED) is 0.405. The third-order valence-corrected chi connectivity index (χ3v) is 8.22. The summed E-state index contributed by atoms with van der Waals surface area (Å²) < 4.78 is 54.7. The first-order valence-corrected chi connectivity index (χ1v) is 13.7. The van der Waals surface area contributed by atoms with Gasteiger partial charge in [0.25, 0.3) is 0 Å². The summed E-state index contributed by atoms with van der Waals surface area (Å²) in [4.78, 5) is 0. The molecule has 1 aliphatic rings. The Morgan fingerprint density at radius 2 is 1.50 bits per heavy atom. The molecule has 180 valence electrons. The summed E-state index contributed by atoms with van der Waals surface area (Å²) in [6, 6.07) is 14.4. The van der Waals surface area contributed by atoms with Gasteiger partial charge in [-0.15, -0.1) is 10.2 Å². The van der Waals surface area contributed by atoms with Crippen molar-refractivity contribution in [1.82, 2.24) is 20.3 Å². The molecule has 1 unspecified atom stereocenters. The molecule has 1 atom stereocenters. The maximum absolute atomic E-state index is 13.1. The van der Waals surface area contributed by atoms with Crippen molar-refractivity contribution in [3.8, 4) is 0 Å². The molecule has 0 bridgehead atoms. The number of aryl methyl sites for hydroxylation is 2. The number of sulfonamides is 1. The van der Waals surface area contributed by atoms with Crippen LogP contribution in [0.25, 0.3) is 0 Å². The van der Waals surface area contributed by atoms with Gasteiger partial charge in [-0.25, -0.2) is 21.5 Å². The molecule has 0 amide bonds. The summed E-state index contributed by atoms with van der Waals surface area (Å²) in [5.74, 6) is 4.21. The van der Waals surface area contributed by atoms with Crippen molar-refractivity contribution in [3.05, 3.63) is 76.9 Å². The monoisotopic (exact) mass is 503 g/mol. The van der Waals surface area contributed by atoms with E-state index in [9.17, 15) is 16.8 Å². The zero-order valence-corrected chi connectivity index (χ0v) is 20.3. The van der Waals surface area contributed by atoms with E-state index in [4.69, 9.17) is 5.84 Å². The number of hydrogen-bond donors (Lipinski definition) is 3. The molecule has 2 aromatic carbocycles. The number of nitrogens with two attached hydrogens (primary N) is 1. The van der Waals surface area contributed by atoms with Crippen molar-refractivity contribution in [2.45, 2.75) is 31.3 Å². The number of hydrazone groups is 1. The molecule has 0 saturated heterocycles. The van der Waals surface area contributed by atoms with Gasteiger partial charge >= 0.3 is 0 Å². The Morgan fingerprint density at radius 1 is 0.941 bits per heavy atom. The molecule has 1 aliphatic heterocycles. The van der Waals surface area contributed by atoms with Crippen LogP contribution in [0.4, 0.5) is 5.69 Å². The number of nitrogens with zero attached hydrogens (tertiary/aromatic N) is 4. The maximum atomic E-state index is 13.1. The molecule has 3 aromatic rings. The van der Waals surface area contributed by atoms with Crippen LogP contribution in [0.1, 0.15) is 34.3 Å². The second kappa shape index (κ2) is 9.06. The van der Waals surface area contributed by atoms with Gasteiger partial charge < -0.3 is 11.3 Å². The molecule has 34 heavy (non-hydrogen) atoms. The molecule has 0 saturated carbocycles. The van der Waals surface area contributed by atoms with Gasteiger partial charge in [-0.2, -0.15) is 5.10 Å². The summed E-state index contributed by atoms with van der Waals surface area (Å²) in [5.41, 5.74) is 6.02. The van der Waals surface area contributed by atoms with E-state index in [1.54, 1.807) is 24.3 Å². The fourth-order valence-electron chi connectivity index (χ4n) is 3.53. The number of sulfone groups is 1. The van der Waals surface area contributed by atoms with Crippen LogP contribution < -0.4 is 16.0 Å². The normalized spacial score (nSPS) is 16.2. The van der Waals surface area contributed by atoms with Gasteiger partial charge in [-0.05, 0) is 31.5 Å². The minimum atomic E-state index is -3.91. The van der Waals surface area contributed by atoms with E-state index in [1.807, 2.05) is 38.1 Å². The fraction of sp³-hybridized carbons (Fsp3) is 0.286. The van der Waals surface area contributed by atoms with Crippen LogP contribution in [-0.4, -0.2) is 43.3 Å². The first-order chi connectivity index (χ1) is 16.0. The standard InChI is InChI=1S/C21H25N7O4S2/c1-14-3-7-16(8-4-14)18-11-23-26-21(18)33(29,30)12-19-24-25-20(28(19)22)13-34(31,32)27-17-9-5-15(2)6-10-17/h3-10,18,23,27H,11-13,22H2,1-2H3. The van der Waals surface area contributed by atoms with E-state index in [0.717, 1.165) is 21.4 Å². The van der Waals surface area contributed by atoms with Crippen LogP contribution in [-0.2, 0) is 31.4 Å². The fourth-order valence-corrected chi connectivity index (χ4v) is 6.18. The molecule has 0 spiro atoms. The molecule has 0 fully saturated rings. The van der Waals surface area contributed by atoms with Crippen molar-refractivity contribution in [3.63, 3.8) is 0 Å². The highest BCUT2D eigenvalue weighted by atomic mass is 32.2. The predicted octanol–water partition coefficient (Wildman–Crippen LogP) is 1.17. The van der Waals surface area contributed by atoms with Crippen LogP contribution in [0, 0.1) is 13.8 Å². The van der Waals surface area contributed by atoms with E-state index in [2.05, 4.69) is 25.4 Å². The van der Waals surface area contributed by atoms with Crippen LogP contribution in [0.3, 0.4) is 0 Å². The van der Waals surface area contributed by atoms with E-state index in [1.165, 1.54) is 0 Å². The highest BCUT2D eigenvalue weighted by molar-refractivity contribution is 8.05. The van der Waals surface area contributed by atoms with Gasteiger partial charge in [-0.1, -0.05) is 47.5 Å². The lowest BCUT2D eigenvalue weighted by molar-refractivity contribution is 0.598. The third kappa shape index (κ3) is 5.20. The van der Waals surface area contributed by atoms with Crippen LogP contribution in [0.5, 0.6) is 0 Å². The SMILES string of the molecule is Cc1ccc(NS(=O)(=O)Cc2nnc(CS(=O)(=O)C3=NNCC3c3ccc(C)cc3)n2N)cc1. The summed E-state index contributed by atoms with van der Waals surface area (Å²) >= 11 is 0. The van der Waals surface area contributed by atoms with Crippen molar-refractivity contribution in [2.24, 2.45) is 5.10 Å². The number of aromatic nitrogens is 3. The highest BCUT2D eigenvalue weighted by Gasteiger charge is 2.35. The number of nitrogen functional groups attached to an aromatic ring is 1. The van der Waals surface area contributed by atoms with Gasteiger partial charge in [0.15, 0.2) is 16.7 Å². The van der Waals surface area contributed by atoms with Crippen LogP contribution >= 0.6 is 0 Å². The lowest BCUT2D eigenvalue weighted by Gasteiger charge is -2.13. The van der Waals surface area contributed by atoms with Crippen molar-refractivity contribution >= 4 is 30.6 Å². The van der Waals surface area contributed by atoms with Crippen LogP contribution in [0.15, 0.2) is 53.6 Å². The second-order valence-corrected chi connectivity index (χ2v) is 11.8. The lowest BCUT2D eigenvalue weighted by Crippen LogP contribution is -2.27. The molecular formula is C21H25N7O4S2. The number of rotatable bonds is 7. The zero-order chi connectivity index (χ0) is 24.5. The smallest absolute Gasteiger partial charge is 0.240 e. The van der Waals surface area contributed by atoms with Gasteiger partial charge in [0.1, 0.15) is 11.5 Å². The minimum absolute atomic E-state index is 0.0189. The Labute approximate surface area is 198 Å². The number of nitrogens with one attached hydrogen (secondary N) is 2. The number of benzene rings is 2.